The van der Waals surface area contributed by atoms with E-state index in [1.807, 2.05) is 0 Å². The summed E-state index contributed by atoms with van der Waals surface area (Å²) in [5.74, 6) is 0. The molecule has 0 fully saturated rings. The number of thiocarbonyl (C=S) groups is 1. The van der Waals surface area contributed by atoms with Gasteiger partial charge in [-0.25, -0.2) is 0 Å². The van der Waals surface area contributed by atoms with Gasteiger partial charge in [-0.2, -0.15) is 0 Å². The molecule has 1 aromatic heterocycles. The fraction of sp³-hybridized carbons (Fsp3) is 0.333. The summed E-state index contributed by atoms with van der Waals surface area (Å²) in [6.07, 6.45) is 0. The van der Waals surface area contributed by atoms with Gasteiger partial charge in [-0.3, -0.25) is 4.79 Å². The number of pyridine rings is 1. The van der Waals surface area contributed by atoms with E-state index in [0.29, 0.717) is 11.3 Å². The molecule has 5 heteroatoms. The Morgan fingerprint density at radius 1 is 1.64 bits per heavy atom. The zero-order valence-electron chi connectivity index (χ0n) is 7.86. The third kappa shape index (κ3) is 2.00. The first-order valence-electron chi connectivity index (χ1n) is 4.19. The molecule has 14 heavy (non-hydrogen) atoms. The quantitative estimate of drug-likeness (QED) is 0.680. The molecule has 0 bridgehead atoms. The molecular weight excluding hydrogens is 200 g/mol. The smallest absolute Gasteiger partial charge is 0.250 e. The number of rotatable bonds is 3. The average molecular weight is 212 g/mol. The highest BCUT2D eigenvalue weighted by Crippen LogP contribution is 2.04. The fourth-order valence-corrected chi connectivity index (χ4v) is 1.53. The number of nitrogens with two attached hydrogens (primary N) is 1. The van der Waals surface area contributed by atoms with Gasteiger partial charge >= 0.3 is 0 Å². The summed E-state index contributed by atoms with van der Waals surface area (Å²) in [4.78, 5) is 11.6. The molecule has 1 heterocycles. The monoisotopic (exact) mass is 212 g/mol. The predicted molar refractivity (Wildman–Crippen MR) is 58.4 cm³/mol. The van der Waals surface area contributed by atoms with E-state index in [4.69, 9.17) is 23.1 Å². The Morgan fingerprint density at radius 2 is 2.29 bits per heavy atom. The summed E-state index contributed by atoms with van der Waals surface area (Å²) in [5.41, 5.74) is 6.69. The summed E-state index contributed by atoms with van der Waals surface area (Å²) in [6.45, 7) is 1.94. The van der Waals surface area contributed by atoms with Crippen LogP contribution in [0.2, 0.25) is 0 Å². The molecule has 0 aliphatic carbocycles. The first-order valence-corrected chi connectivity index (χ1v) is 4.60. The Labute approximate surface area is 87.0 Å². The number of aliphatic hydroxyl groups is 1. The van der Waals surface area contributed by atoms with Gasteiger partial charge in [0.15, 0.2) is 0 Å². The lowest BCUT2D eigenvalue weighted by atomic mass is 10.2. The van der Waals surface area contributed by atoms with Crippen LogP contribution in [0.5, 0.6) is 0 Å². The second kappa shape index (κ2) is 4.34. The molecule has 0 aromatic carbocycles. The first kappa shape index (κ1) is 10.9. The van der Waals surface area contributed by atoms with Crippen LogP contribution < -0.4 is 11.3 Å². The molecule has 76 valence electrons. The van der Waals surface area contributed by atoms with Gasteiger partial charge in [0, 0.05) is 23.9 Å². The second-order valence-electron chi connectivity index (χ2n) is 2.91. The zero-order chi connectivity index (χ0) is 10.7. The van der Waals surface area contributed by atoms with Crippen molar-refractivity contribution in [3.05, 3.63) is 33.7 Å². The van der Waals surface area contributed by atoms with Crippen molar-refractivity contribution >= 4 is 17.2 Å². The summed E-state index contributed by atoms with van der Waals surface area (Å²) < 4.78 is 1.45. The molecular formula is C9H12N2O2S. The second-order valence-corrected chi connectivity index (χ2v) is 3.35. The van der Waals surface area contributed by atoms with Crippen molar-refractivity contribution in [3.8, 4) is 0 Å². The Morgan fingerprint density at radius 3 is 2.79 bits per heavy atom. The molecule has 4 nitrogen and oxygen atoms in total. The Bertz CT molecular complexity index is 412. The van der Waals surface area contributed by atoms with E-state index in [1.165, 1.54) is 10.6 Å². The van der Waals surface area contributed by atoms with E-state index >= 15 is 0 Å². The molecule has 0 spiro atoms. The lowest BCUT2D eigenvalue weighted by Crippen LogP contribution is -2.26. The highest BCUT2D eigenvalue weighted by Gasteiger charge is 2.06. The van der Waals surface area contributed by atoms with Gasteiger partial charge < -0.3 is 15.4 Å². The molecule has 0 amide bonds. The molecule has 0 saturated carbocycles. The largest absolute Gasteiger partial charge is 0.395 e. The number of aromatic nitrogens is 1. The van der Waals surface area contributed by atoms with Crippen LogP contribution in [0.15, 0.2) is 16.9 Å². The van der Waals surface area contributed by atoms with Crippen LogP contribution >= 0.6 is 12.2 Å². The molecule has 1 rings (SSSR count). The molecule has 0 aliphatic heterocycles. The molecule has 0 saturated heterocycles. The van der Waals surface area contributed by atoms with Crippen molar-refractivity contribution in [2.75, 3.05) is 6.61 Å². The lowest BCUT2D eigenvalue weighted by Gasteiger charge is -2.11. The van der Waals surface area contributed by atoms with Crippen molar-refractivity contribution in [1.82, 2.24) is 4.57 Å². The summed E-state index contributed by atoms with van der Waals surface area (Å²) in [6, 6.07) is 3.00. The van der Waals surface area contributed by atoms with E-state index in [2.05, 4.69) is 0 Å². The van der Waals surface area contributed by atoms with Crippen LogP contribution in [0.25, 0.3) is 0 Å². The van der Waals surface area contributed by atoms with E-state index in [-0.39, 0.29) is 23.7 Å². The minimum absolute atomic E-state index is 0.0818. The Kier molecular flexibility index (Phi) is 3.38. The maximum Gasteiger partial charge on any atom is 0.250 e. The van der Waals surface area contributed by atoms with Gasteiger partial charge in [0.25, 0.3) is 5.56 Å². The summed E-state index contributed by atoms with van der Waals surface area (Å²) >= 11 is 4.84. The molecule has 1 aromatic rings. The van der Waals surface area contributed by atoms with Crippen LogP contribution in [0.3, 0.4) is 0 Å². The van der Waals surface area contributed by atoms with Crippen LogP contribution in [0.1, 0.15) is 11.3 Å². The third-order valence-corrected chi connectivity index (χ3v) is 2.26. The summed E-state index contributed by atoms with van der Waals surface area (Å²) in [7, 11) is 0. The van der Waals surface area contributed by atoms with Gasteiger partial charge in [-0.15, -0.1) is 0 Å². The van der Waals surface area contributed by atoms with Crippen LogP contribution in [0, 0.1) is 6.92 Å². The maximum atomic E-state index is 11.4. The zero-order valence-corrected chi connectivity index (χ0v) is 8.67. The SMILES string of the molecule is Cc1c(C(N)=S)ccc(=O)n1CCO. The van der Waals surface area contributed by atoms with E-state index in [1.54, 1.807) is 13.0 Å². The molecule has 0 unspecified atom stereocenters. The molecule has 0 radical (unpaired) electrons. The number of aliphatic hydroxyl groups excluding tert-OH is 1. The number of nitrogens with zero attached hydrogens (tertiary/aromatic N) is 1. The van der Waals surface area contributed by atoms with Crippen molar-refractivity contribution < 1.29 is 5.11 Å². The minimum atomic E-state index is -0.156. The van der Waals surface area contributed by atoms with Gasteiger partial charge in [-0.1, -0.05) is 12.2 Å². The summed E-state index contributed by atoms with van der Waals surface area (Å²) in [5, 5.41) is 8.77. The maximum absolute atomic E-state index is 11.4. The highest BCUT2D eigenvalue weighted by molar-refractivity contribution is 7.80. The number of hydrogen-bond donors (Lipinski definition) is 2. The third-order valence-electron chi connectivity index (χ3n) is 2.04. The average Bonchev–Trinajstić information content (AvgIpc) is 2.11. The van der Waals surface area contributed by atoms with Gasteiger partial charge in [0.1, 0.15) is 4.99 Å². The van der Waals surface area contributed by atoms with Gasteiger partial charge in [0.2, 0.25) is 0 Å². The topological polar surface area (TPSA) is 68.2 Å². The van der Waals surface area contributed by atoms with Crippen molar-refractivity contribution in [1.29, 1.82) is 0 Å². The van der Waals surface area contributed by atoms with E-state index in [9.17, 15) is 4.79 Å². The van der Waals surface area contributed by atoms with Crippen LogP contribution in [0.4, 0.5) is 0 Å². The van der Waals surface area contributed by atoms with Gasteiger partial charge in [-0.05, 0) is 13.0 Å². The van der Waals surface area contributed by atoms with E-state index in [0.717, 1.165) is 0 Å². The molecule has 0 atom stereocenters. The number of hydrogen-bond acceptors (Lipinski definition) is 3. The lowest BCUT2D eigenvalue weighted by molar-refractivity contribution is 0.273. The standard InChI is InChI=1S/C9H12N2O2S/c1-6-7(9(10)14)2-3-8(13)11(6)4-5-12/h2-3,12H,4-5H2,1H3,(H2,10,14). The highest BCUT2D eigenvalue weighted by atomic mass is 32.1. The van der Waals surface area contributed by atoms with Crippen molar-refractivity contribution in [2.45, 2.75) is 13.5 Å². The van der Waals surface area contributed by atoms with Crippen molar-refractivity contribution in [2.24, 2.45) is 5.73 Å². The van der Waals surface area contributed by atoms with Crippen molar-refractivity contribution in [3.63, 3.8) is 0 Å². The minimum Gasteiger partial charge on any atom is -0.395 e. The van der Waals surface area contributed by atoms with E-state index < -0.39 is 0 Å². The predicted octanol–water partition coefficient (Wildman–Crippen LogP) is -0.217. The Hall–Kier alpha value is -1.20. The molecule has 3 N–H and O–H groups in total. The normalized spacial score (nSPS) is 10.1. The fourth-order valence-electron chi connectivity index (χ4n) is 1.31. The van der Waals surface area contributed by atoms with Gasteiger partial charge in [0.05, 0.1) is 6.61 Å². The first-order chi connectivity index (χ1) is 6.57. The Balaban J connectivity index is 3.33. The van der Waals surface area contributed by atoms with Crippen LogP contribution in [-0.2, 0) is 6.54 Å². The molecule has 0 aliphatic rings. The van der Waals surface area contributed by atoms with Crippen LogP contribution in [-0.4, -0.2) is 21.3 Å².